The second-order valence-electron chi connectivity index (χ2n) is 8.88. The normalized spacial score (nSPS) is 11.7. The van der Waals surface area contributed by atoms with Crippen molar-refractivity contribution in [3.8, 4) is 0 Å². The maximum atomic E-state index is 12.9. The zero-order valence-electron chi connectivity index (χ0n) is 22.7. The summed E-state index contributed by atoms with van der Waals surface area (Å²) in [6.45, 7) is 6.30. The van der Waals surface area contributed by atoms with Crippen molar-refractivity contribution < 1.29 is 35.9 Å². The van der Waals surface area contributed by atoms with E-state index in [9.17, 15) is 26.4 Å². The van der Waals surface area contributed by atoms with Crippen molar-refractivity contribution in [2.45, 2.75) is 50.6 Å². The van der Waals surface area contributed by atoms with Crippen LogP contribution in [-0.2, 0) is 42.6 Å². The molecule has 0 unspecified atom stereocenters. The summed E-state index contributed by atoms with van der Waals surface area (Å²) in [5.74, 6) is -1.55. The van der Waals surface area contributed by atoms with Gasteiger partial charge in [0.2, 0.25) is 20.0 Å². The van der Waals surface area contributed by atoms with Crippen molar-refractivity contribution >= 4 is 32.0 Å². The van der Waals surface area contributed by atoms with Crippen LogP contribution in [-0.4, -0.2) is 42.0 Å². The Balaban J connectivity index is 2.02. The van der Waals surface area contributed by atoms with Crippen LogP contribution in [0.25, 0.3) is 0 Å². The van der Waals surface area contributed by atoms with E-state index in [0.29, 0.717) is 0 Å². The second-order valence-corrected chi connectivity index (χ2v) is 12.4. The number of carbonyl (C=O) groups excluding carboxylic acids is 2. The molecule has 10 nitrogen and oxygen atoms in total. The molecular formula is C28H32N2O8S2. The molecule has 3 aromatic carbocycles. The Bertz CT molecular complexity index is 1470. The van der Waals surface area contributed by atoms with Gasteiger partial charge in [-0.3, -0.25) is 0 Å². The molecule has 0 saturated carbocycles. The van der Waals surface area contributed by atoms with E-state index in [2.05, 4.69) is 9.44 Å². The highest BCUT2D eigenvalue weighted by molar-refractivity contribution is 7.89. The largest absolute Gasteiger partial charge is 0.462 e. The van der Waals surface area contributed by atoms with Gasteiger partial charge in [-0.05, 0) is 69.2 Å². The van der Waals surface area contributed by atoms with Gasteiger partial charge >= 0.3 is 11.9 Å². The Kier molecular flexibility index (Phi) is 10.2. The number of sulfonamides is 2. The highest BCUT2D eigenvalue weighted by Gasteiger charge is 2.24. The summed E-state index contributed by atoms with van der Waals surface area (Å²) in [5.41, 5.74) is 2.04. The first-order valence-electron chi connectivity index (χ1n) is 12.5. The summed E-state index contributed by atoms with van der Waals surface area (Å²) < 4.78 is 66.9. The highest BCUT2D eigenvalue weighted by Crippen LogP contribution is 2.22. The summed E-state index contributed by atoms with van der Waals surface area (Å²) in [4.78, 5) is 25.7. The fraction of sp³-hybridized carbons (Fsp3) is 0.286. The predicted molar refractivity (Wildman–Crippen MR) is 149 cm³/mol. The maximum Gasteiger partial charge on any atom is 0.338 e. The molecule has 0 aromatic heterocycles. The first kappa shape index (κ1) is 31.0. The maximum absolute atomic E-state index is 12.9. The molecule has 3 aromatic rings. The molecule has 0 radical (unpaired) electrons. The van der Waals surface area contributed by atoms with Crippen molar-refractivity contribution in [2.24, 2.45) is 0 Å². The van der Waals surface area contributed by atoms with Crippen LogP contribution in [0.3, 0.4) is 0 Å². The van der Waals surface area contributed by atoms with Crippen molar-refractivity contribution in [3.05, 3.63) is 94.0 Å². The van der Waals surface area contributed by atoms with Crippen LogP contribution in [0.15, 0.2) is 70.5 Å². The van der Waals surface area contributed by atoms with Gasteiger partial charge in [0, 0.05) is 13.1 Å². The number of rotatable bonds is 12. The van der Waals surface area contributed by atoms with Gasteiger partial charge in [-0.2, -0.15) is 0 Å². The van der Waals surface area contributed by atoms with E-state index in [4.69, 9.17) is 9.47 Å². The van der Waals surface area contributed by atoms with Crippen LogP contribution in [0.1, 0.15) is 56.8 Å². The molecule has 12 heteroatoms. The third-order valence-corrected chi connectivity index (χ3v) is 8.72. The molecule has 214 valence electrons. The molecule has 0 aliphatic heterocycles. The van der Waals surface area contributed by atoms with E-state index < -0.39 is 32.0 Å². The third-order valence-electron chi connectivity index (χ3n) is 5.89. The minimum Gasteiger partial charge on any atom is -0.462 e. The van der Waals surface area contributed by atoms with E-state index in [-0.39, 0.29) is 58.3 Å². The van der Waals surface area contributed by atoms with Gasteiger partial charge in [-0.15, -0.1) is 0 Å². The molecule has 0 heterocycles. The van der Waals surface area contributed by atoms with Crippen LogP contribution in [0, 0.1) is 13.8 Å². The van der Waals surface area contributed by atoms with Crippen molar-refractivity contribution in [1.29, 1.82) is 0 Å². The first-order chi connectivity index (χ1) is 18.9. The van der Waals surface area contributed by atoms with Crippen LogP contribution in [0.2, 0.25) is 0 Å². The first-order valence-corrected chi connectivity index (χ1v) is 15.5. The number of hydrogen-bond donors (Lipinski definition) is 2. The van der Waals surface area contributed by atoms with Gasteiger partial charge < -0.3 is 9.47 Å². The van der Waals surface area contributed by atoms with Gasteiger partial charge in [0.05, 0.1) is 34.1 Å². The summed E-state index contributed by atoms with van der Waals surface area (Å²) in [6, 6.07) is 15.1. The molecule has 0 atom stereocenters. The molecule has 0 spiro atoms. The predicted octanol–water partition coefficient (Wildman–Crippen LogP) is 3.61. The summed E-state index contributed by atoms with van der Waals surface area (Å²) in [6.07, 6.45) is 0. The van der Waals surface area contributed by atoms with E-state index in [0.717, 1.165) is 11.1 Å². The number of benzene rings is 3. The van der Waals surface area contributed by atoms with Crippen LogP contribution in [0.5, 0.6) is 0 Å². The van der Waals surface area contributed by atoms with Crippen LogP contribution in [0.4, 0.5) is 0 Å². The van der Waals surface area contributed by atoms with E-state index in [1.807, 2.05) is 13.8 Å². The SMILES string of the molecule is CCOC(=O)c1cc(C(=O)OCC)c(CNS(=O)(=O)c2ccc(C)cc2)cc1CNS(=O)(=O)c1ccc(C)cc1. The highest BCUT2D eigenvalue weighted by atomic mass is 32.2. The Labute approximate surface area is 234 Å². The van der Waals surface area contributed by atoms with Crippen LogP contribution < -0.4 is 9.44 Å². The van der Waals surface area contributed by atoms with Gasteiger partial charge in [-0.1, -0.05) is 41.5 Å². The molecular weight excluding hydrogens is 556 g/mol. The number of nitrogens with one attached hydrogen (secondary N) is 2. The molecule has 0 aliphatic rings. The Morgan fingerprint density at radius 1 is 0.625 bits per heavy atom. The van der Waals surface area contributed by atoms with Crippen molar-refractivity contribution in [1.82, 2.24) is 9.44 Å². The lowest BCUT2D eigenvalue weighted by molar-refractivity contribution is 0.0523. The minimum absolute atomic E-state index is 0.0324. The quantitative estimate of drug-likeness (QED) is 0.305. The second kappa shape index (κ2) is 13.2. The molecule has 3 rings (SSSR count). The van der Waals surface area contributed by atoms with Gasteiger partial charge in [0.15, 0.2) is 0 Å². The lowest BCUT2D eigenvalue weighted by atomic mass is 9.98. The molecule has 0 aliphatic carbocycles. The van der Waals surface area contributed by atoms with Crippen LogP contribution >= 0.6 is 0 Å². The third kappa shape index (κ3) is 7.75. The smallest absolute Gasteiger partial charge is 0.338 e. The summed E-state index contributed by atoms with van der Waals surface area (Å²) >= 11 is 0. The fourth-order valence-electron chi connectivity index (χ4n) is 3.73. The van der Waals surface area contributed by atoms with Gasteiger partial charge in [0.25, 0.3) is 0 Å². The molecule has 0 fully saturated rings. The summed E-state index contributed by atoms with van der Waals surface area (Å²) in [5, 5.41) is 0. The lowest BCUT2D eigenvalue weighted by Gasteiger charge is -2.17. The standard InChI is InChI=1S/C28H32N2O8S2/c1-5-37-27(31)25-16-26(28(32)38-6-2)22(18-30-40(35,36)24-13-9-20(4)10-14-24)15-21(25)17-29-39(33,34)23-11-7-19(3)8-12-23/h7-16,29-30H,5-6,17-18H2,1-4H3. The van der Waals surface area contributed by atoms with E-state index >= 15 is 0 Å². The molecule has 2 N–H and O–H groups in total. The van der Waals surface area contributed by atoms with Crippen molar-refractivity contribution in [3.63, 3.8) is 0 Å². The van der Waals surface area contributed by atoms with E-state index in [1.54, 1.807) is 38.1 Å². The van der Waals surface area contributed by atoms with E-state index in [1.165, 1.54) is 36.4 Å². The zero-order chi connectivity index (χ0) is 29.5. The fourth-order valence-corrected chi connectivity index (χ4v) is 5.75. The number of carbonyl (C=O) groups is 2. The average molecular weight is 589 g/mol. The van der Waals surface area contributed by atoms with Gasteiger partial charge in [0.1, 0.15) is 0 Å². The number of aryl methyl sites for hydroxylation is 2. The zero-order valence-corrected chi connectivity index (χ0v) is 24.3. The number of ether oxygens (including phenoxy) is 2. The molecule has 0 amide bonds. The molecule has 0 saturated heterocycles. The number of hydrogen-bond acceptors (Lipinski definition) is 8. The Hall–Kier alpha value is -3.58. The van der Waals surface area contributed by atoms with Crippen molar-refractivity contribution in [2.75, 3.05) is 13.2 Å². The topological polar surface area (TPSA) is 145 Å². The monoisotopic (exact) mass is 588 g/mol. The summed E-state index contributed by atoms with van der Waals surface area (Å²) in [7, 11) is -7.92. The molecule has 0 bridgehead atoms. The Morgan fingerprint density at radius 3 is 1.30 bits per heavy atom. The molecule has 40 heavy (non-hydrogen) atoms. The average Bonchev–Trinajstić information content (AvgIpc) is 2.91. The number of esters is 2. The minimum atomic E-state index is -3.96. The lowest BCUT2D eigenvalue weighted by Crippen LogP contribution is -2.27. The van der Waals surface area contributed by atoms with Gasteiger partial charge in [-0.25, -0.2) is 35.9 Å². The Morgan fingerprint density at radius 2 is 0.975 bits per heavy atom.